The number of halogens is 1. The number of ether oxygens (including phenoxy) is 1. The normalized spacial score (nSPS) is 11.9. The van der Waals surface area contributed by atoms with Crippen molar-refractivity contribution in [1.29, 1.82) is 0 Å². The van der Waals surface area contributed by atoms with Gasteiger partial charge in [0.2, 0.25) is 11.8 Å². The number of primary amides is 2. The Morgan fingerprint density at radius 1 is 1.08 bits per heavy atom. The molecule has 0 aromatic heterocycles. The van der Waals surface area contributed by atoms with E-state index in [1.807, 2.05) is 0 Å². The average Bonchev–Trinajstić information content (AvgIpc) is 2.52. The lowest BCUT2D eigenvalue weighted by Crippen LogP contribution is -2.29. The molecule has 1 aromatic rings. The van der Waals surface area contributed by atoms with Crippen LogP contribution in [0.2, 0.25) is 0 Å². The van der Waals surface area contributed by atoms with Crippen molar-refractivity contribution in [2.45, 2.75) is 51.0 Å². The molecule has 0 aliphatic rings. The van der Waals surface area contributed by atoms with Crippen molar-refractivity contribution in [1.82, 2.24) is 0 Å². The summed E-state index contributed by atoms with van der Waals surface area (Å²) in [4.78, 5) is 21.4. The number of aryl methyl sites for hydroxylation is 1. The molecule has 0 unspecified atom stereocenters. The predicted molar refractivity (Wildman–Crippen MR) is 89.7 cm³/mol. The Balaban J connectivity index is 2.41. The number of carbonyl (C=O) groups excluding carboxylic acids is 2. The lowest BCUT2D eigenvalue weighted by molar-refractivity contribution is -0.119. The summed E-state index contributed by atoms with van der Waals surface area (Å²) in [6.45, 7) is 0.233. The summed E-state index contributed by atoms with van der Waals surface area (Å²) in [5.74, 6) is -0.455. The third-order valence-corrected chi connectivity index (χ3v) is 3.61. The van der Waals surface area contributed by atoms with Crippen LogP contribution in [0, 0.1) is 5.82 Å². The monoisotopic (exact) mass is 339 g/mol. The summed E-state index contributed by atoms with van der Waals surface area (Å²) in [5.41, 5.74) is 16.5. The van der Waals surface area contributed by atoms with Gasteiger partial charge in [-0.15, -0.1) is 0 Å². The molecule has 1 atom stereocenters. The Morgan fingerprint density at radius 2 is 1.79 bits per heavy atom. The zero-order chi connectivity index (χ0) is 17.9. The van der Waals surface area contributed by atoms with Gasteiger partial charge in [-0.3, -0.25) is 9.59 Å². The molecule has 2 amide bonds. The van der Waals surface area contributed by atoms with Crippen LogP contribution in [0.15, 0.2) is 18.2 Å². The topological polar surface area (TPSA) is 121 Å². The second-order valence-electron chi connectivity index (χ2n) is 5.86. The number of unbranched alkanes of at least 4 members (excludes halogenated alkanes) is 2. The molecule has 0 aliphatic carbocycles. The third kappa shape index (κ3) is 8.47. The summed E-state index contributed by atoms with van der Waals surface area (Å²) in [5, 5.41) is 0. The first-order chi connectivity index (χ1) is 11.4. The van der Waals surface area contributed by atoms with E-state index < -0.39 is 5.91 Å². The zero-order valence-corrected chi connectivity index (χ0v) is 13.8. The van der Waals surface area contributed by atoms with Gasteiger partial charge >= 0.3 is 0 Å². The molecule has 134 valence electrons. The first-order valence-corrected chi connectivity index (χ1v) is 8.12. The smallest absolute Gasteiger partial charge is 0.217 e. The van der Waals surface area contributed by atoms with Crippen molar-refractivity contribution in [2.75, 3.05) is 6.61 Å². The van der Waals surface area contributed by atoms with Crippen LogP contribution in [-0.4, -0.2) is 24.5 Å². The fraction of sp³-hybridized carbons (Fsp3) is 0.529. The van der Waals surface area contributed by atoms with E-state index in [0.29, 0.717) is 37.0 Å². The van der Waals surface area contributed by atoms with Crippen molar-refractivity contribution in [2.24, 2.45) is 17.2 Å². The van der Waals surface area contributed by atoms with Crippen LogP contribution in [0.1, 0.15) is 44.1 Å². The summed E-state index contributed by atoms with van der Waals surface area (Å²) in [6.07, 6.45) is 3.87. The van der Waals surface area contributed by atoms with E-state index in [0.717, 1.165) is 12.8 Å². The minimum atomic E-state index is -0.397. The van der Waals surface area contributed by atoms with Gasteiger partial charge in [-0.25, -0.2) is 4.39 Å². The maximum absolute atomic E-state index is 13.8. The van der Waals surface area contributed by atoms with Crippen molar-refractivity contribution in [3.8, 4) is 5.75 Å². The largest absolute Gasteiger partial charge is 0.492 e. The number of nitrogens with two attached hydrogens (primary N) is 3. The molecule has 0 bridgehead atoms. The van der Waals surface area contributed by atoms with E-state index in [9.17, 15) is 14.0 Å². The van der Waals surface area contributed by atoms with Gasteiger partial charge in [0, 0.05) is 18.9 Å². The van der Waals surface area contributed by atoms with Crippen LogP contribution < -0.4 is 21.9 Å². The number of amides is 2. The number of hydrogen-bond donors (Lipinski definition) is 3. The molecule has 6 nitrogen and oxygen atoms in total. The first kappa shape index (κ1) is 19.9. The molecule has 0 aliphatic heterocycles. The van der Waals surface area contributed by atoms with Crippen LogP contribution in [-0.2, 0) is 16.0 Å². The Hall–Kier alpha value is -2.15. The Labute approximate surface area is 141 Å². The van der Waals surface area contributed by atoms with Crippen molar-refractivity contribution < 1.29 is 18.7 Å². The molecular formula is C17H26FN3O3. The standard InChI is InChI=1S/C17H26FN3O3/c18-15-8-7-14(24-11-13(19)6-9-17(21)23)10-12(15)4-2-1-3-5-16(20)22/h7-8,10,13H,1-6,9,11,19H2,(H2,20,22)(H2,21,23)/t13-/m0/s1. The van der Waals surface area contributed by atoms with Gasteiger partial charge in [0.25, 0.3) is 0 Å². The van der Waals surface area contributed by atoms with E-state index in [1.54, 1.807) is 12.1 Å². The summed E-state index contributed by atoms with van der Waals surface area (Å²) < 4.78 is 19.4. The number of benzene rings is 1. The molecule has 0 fully saturated rings. The van der Waals surface area contributed by atoms with Crippen LogP contribution in [0.4, 0.5) is 4.39 Å². The maximum atomic E-state index is 13.8. The number of hydrogen-bond acceptors (Lipinski definition) is 4. The second kappa shape index (κ2) is 10.6. The summed E-state index contributed by atoms with van der Waals surface area (Å²) in [7, 11) is 0. The van der Waals surface area contributed by atoms with Crippen molar-refractivity contribution >= 4 is 11.8 Å². The van der Waals surface area contributed by atoms with Gasteiger partial charge in [-0.2, -0.15) is 0 Å². The van der Waals surface area contributed by atoms with Gasteiger partial charge < -0.3 is 21.9 Å². The molecule has 1 aromatic carbocycles. The highest BCUT2D eigenvalue weighted by Crippen LogP contribution is 2.19. The van der Waals surface area contributed by atoms with E-state index in [1.165, 1.54) is 6.07 Å². The quantitative estimate of drug-likeness (QED) is 0.498. The summed E-state index contributed by atoms with van der Waals surface area (Å²) in [6, 6.07) is 4.26. The van der Waals surface area contributed by atoms with Crippen molar-refractivity contribution in [3.63, 3.8) is 0 Å². The van der Waals surface area contributed by atoms with Gasteiger partial charge in [0.15, 0.2) is 0 Å². The molecule has 0 spiro atoms. The Bertz CT molecular complexity index is 552. The highest BCUT2D eigenvalue weighted by molar-refractivity contribution is 5.73. The van der Waals surface area contributed by atoms with Crippen LogP contribution >= 0.6 is 0 Å². The summed E-state index contributed by atoms with van der Waals surface area (Å²) >= 11 is 0. The van der Waals surface area contributed by atoms with Crippen LogP contribution in [0.25, 0.3) is 0 Å². The van der Waals surface area contributed by atoms with Crippen molar-refractivity contribution in [3.05, 3.63) is 29.6 Å². The molecular weight excluding hydrogens is 313 g/mol. The molecule has 0 heterocycles. The molecule has 0 saturated carbocycles. The van der Waals surface area contributed by atoms with Gasteiger partial charge in [0.05, 0.1) is 0 Å². The number of rotatable bonds is 12. The minimum absolute atomic E-state index is 0.213. The molecule has 0 radical (unpaired) electrons. The van der Waals surface area contributed by atoms with Gasteiger partial charge in [-0.05, 0) is 49.4 Å². The minimum Gasteiger partial charge on any atom is -0.492 e. The van der Waals surface area contributed by atoms with Crippen LogP contribution in [0.3, 0.4) is 0 Å². The highest BCUT2D eigenvalue weighted by Gasteiger charge is 2.08. The third-order valence-electron chi connectivity index (χ3n) is 3.61. The lowest BCUT2D eigenvalue weighted by Gasteiger charge is -2.13. The zero-order valence-electron chi connectivity index (χ0n) is 13.8. The second-order valence-corrected chi connectivity index (χ2v) is 5.86. The Morgan fingerprint density at radius 3 is 2.46 bits per heavy atom. The molecule has 24 heavy (non-hydrogen) atoms. The SMILES string of the molecule is NC(=O)CCCCCc1cc(OC[C@@H](N)CCC(N)=O)ccc1F. The van der Waals surface area contributed by atoms with E-state index in [-0.39, 0.29) is 30.8 Å². The number of carbonyl (C=O) groups is 2. The van der Waals surface area contributed by atoms with Crippen LogP contribution in [0.5, 0.6) is 5.75 Å². The van der Waals surface area contributed by atoms with Gasteiger partial charge in [0.1, 0.15) is 18.2 Å². The Kier molecular flexibility index (Phi) is 8.78. The van der Waals surface area contributed by atoms with Gasteiger partial charge in [-0.1, -0.05) is 6.42 Å². The first-order valence-electron chi connectivity index (χ1n) is 8.12. The lowest BCUT2D eigenvalue weighted by atomic mass is 10.1. The fourth-order valence-corrected chi connectivity index (χ4v) is 2.24. The fourth-order valence-electron chi connectivity index (χ4n) is 2.24. The molecule has 6 N–H and O–H groups in total. The van der Waals surface area contributed by atoms with E-state index >= 15 is 0 Å². The van der Waals surface area contributed by atoms with E-state index in [2.05, 4.69) is 0 Å². The highest BCUT2D eigenvalue weighted by atomic mass is 19.1. The predicted octanol–water partition coefficient (Wildman–Crippen LogP) is 1.39. The molecule has 7 heteroatoms. The maximum Gasteiger partial charge on any atom is 0.217 e. The van der Waals surface area contributed by atoms with E-state index in [4.69, 9.17) is 21.9 Å². The molecule has 0 saturated heterocycles. The average molecular weight is 339 g/mol. The molecule has 1 rings (SSSR count).